The number of nitrogens with zero attached hydrogens (tertiary/aromatic N) is 7. The maximum atomic E-state index is 12.5. The molecule has 1 aromatic carbocycles. The van der Waals surface area contributed by atoms with Crippen molar-refractivity contribution >= 4 is 0 Å². The van der Waals surface area contributed by atoms with Crippen molar-refractivity contribution in [1.82, 2.24) is 34.9 Å². The molecule has 3 aromatic heterocycles. The van der Waals surface area contributed by atoms with E-state index in [9.17, 15) is 13.2 Å². The van der Waals surface area contributed by atoms with Crippen molar-refractivity contribution in [3.8, 4) is 23.1 Å². The smallest absolute Gasteiger partial charge is 0.471 e. The lowest BCUT2D eigenvalue weighted by Crippen LogP contribution is -2.04. The van der Waals surface area contributed by atoms with Crippen LogP contribution in [0.1, 0.15) is 11.5 Å². The van der Waals surface area contributed by atoms with Crippen molar-refractivity contribution in [2.45, 2.75) is 12.8 Å². The molecule has 0 fully saturated rings. The van der Waals surface area contributed by atoms with Crippen LogP contribution in [0.3, 0.4) is 0 Å². The molecule has 0 atom stereocenters. The van der Waals surface area contributed by atoms with Gasteiger partial charge in [0.2, 0.25) is 11.7 Å². The van der Waals surface area contributed by atoms with Crippen LogP contribution in [-0.2, 0) is 12.8 Å². The zero-order valence-corrected chi connectivity index (χ0v) is 13.9. The number of rotatable bonds is 5. The summed E-state index contributed by atoms with van der Waals surface area (Å²) in [4.78, 5) is 15.3. The van der Waals surface area contributed by atoms with Crippen molar-refractivity contribution in [1.29, 1.82) is 0 Å². The quantitative estimate of drug-likeness (QED) is 0.513. The van der Waals surface area contributed by atoms with Crippen molar-refractivity contribution in [2.75, 3.05) is 0 Å². The highest BCUT2D eigenvalue weighted by molar-refractivity contribution is 5.54. The molecule has 0 saturated heterocycles. The van der Waals surface area contributed by atoms with Crippen LogP contribution in [-0.4, -0.2) is 34.9 Å². The van der Waals surface area contributed by atoms with E-state index < -0.39 is 12.1 Å². The lowest BCUT2D eigenvalue weighted by molar-refractivity contribution is -0.159. The van der Waals surface area contributed by atoms with Gasteiger partial charge in [0.1, 0.15) is 25.6 Å². The summed E-state index contributed by atoms with van der Waals surface area (Å²) in [5.74, 6) is -0.706. The Kier molecular flexibility index (Phi) is 4.43. The number of hydrogen-bond donors (Lipinski definition) is 0. The monoisotopic (exact) mass is 389 g/mol. The number of hydrogen-bond acceptors (Lipinski definition) is 8. The molecule has 28 heavy (non-hydrogen) atoms. The number of aromatic nitrogens is 7. The normalized spacial score (nSPS) is 11.5. The second-order valence-electron chi connectivity index (χ2n) is 5.46. The highest BCUT2D eigenvalue weighted by Gasteiger charge is 2.38. The van der Waals surface area contributed by atoms with Crippen molar-refractivity contribution in [3.63, 3.8) is 0 Å². The summed E-state index contributed by atoms with van der Waals surface area (Å²) < 4.78 is 48.9. The van der Waals surface area contributed by atoms with Crippen LogP contribution in [0.15, 0.2) is 53.8 Å². The van der Waals surface area contributed by atoms with E-state index in [1.54, 1.807) is 30.3 Å². The summed E-state index contributed by atoms with van der Waals surface area (Å²) in [6, 6.07) is 8.10. The third kappa shape index (κ3) is 3.79. The van der Waals surface area contributed by atoms with Crippen LogP contribution in [0.2, 0.25) is 0 Å². The first-order valence-electron chi connectivity index (χ1n) is 7.79. The minimum absolute atomic E-state index is 0.145. The molecule has 0 bridgehead atoms. The second-order valence-corrected chi connectivity index (χ2v) is 5.46. The van der Waals surface area contributed by atoms with Gasteiger partial charge < -0.3 is 9.26 Å². The van der Waals surface area contributed by atoms with Crippen LogP contribution in [0, 0.1) is 0 Å². The van der Waals surface area contributed by atoms with Gasteiger partial charge >= 0.3 is 12.1 Å². The maximum absolute atomic E-state index is 12.5. The SMILES string of the molecule is FC(F)(F)c1nc(-c2ccc(COc3cc(-n4cncn4)ncn3)cc2)no1. The second kappa shape index (κ2) is 7.06. The lowest BCUT2D eigenvalue weighted by atomic mass is 10.1. The summed E-state index contributed by atoms with van der Waals surface area (Å²) in [5, 5.41) is 7.31. The molecule has 0 N–H and O–H groups in total. The first kappa shape index (κ1) is 17.6. The predicted molar refractivity (Wildman–Crippen MR) is 86.0 cm³/mol. The van der Waals surface area contributed by atoms with Crippen LogP contribution in [0.4, 0.5) is 13.2 Å². The summed E-state index contributed by atoms with van der Waals surface area (Å²) in [5.41, 5.74) is 1.16. The fourth-order valence-electron chi connectivity index (χ4n) is 2.22. The Morgan fingerprint density at radius 3 is 2.57 bits per heavy atom. The fourth-order valence-corrected chi connectivity index (χ4v) is 2.22. The molecule has 0 saturated carbocycles. The van der Waals surface area contributed by atoms with Gasteiger partial charge in [-0.15, -0.1) is 0 Å². The molecular weight excluding hydrogens is 379 g/mol. The van der Waals surface area contributed by atoms with E-state index in [1.165, 1.54) is 23.7 Å². The van der Waals surface area contributed by atoms with Gasteiger partial charge in [0.05, 0.1) is 0 Å². The van der Waals surface area contributed by atoms with E-state index in [0.29, 0.717) is 17.3 Å². The predicted octanol–water partition coefficient (Wildman–Crippen LogP) is 2.71. The molecule has 0 aliphatic rings. The van der Waals surface area contributed by atoms with Crippen LogP contribution >= 0.6 is 0 Å². The van der Waals surface area contributed by atoms with Crippen molar-refractivity contribution in [2.24, 2.45) is 0 Å². The topological polar surface area (TPSA) is 105 Å². The highest BCUT2D eigenvalue weighted by atomic mass is 19.4. The molecule has 142 valence electrons. The molecule has 0 aliphatic carbocycles. The Hall–Kier alpha value is -3.83. The number of halogens is 3. The molecule has 0 aliphatic heterocycles. The molecule has 0 amide bonds. The lowest BCUT2D eigenvalue weighted by Gasteiger charge is -2.07. The van der Waals surface area contributed by atoms with Gasteiger partial charge in [-0.3, -0.25) is 0 Å². The zero-order chi connectivity index (χ0) is 19.6. The summed E-state index contributed by atoms with van der Waals surface area (Å²) in [6.45, 7) is 0.189. The fraction of sp³-hybridized carbons (Fsp3) is 0.125. The van der Waals surface area contributed by atoms with E-state index in [1.807, 2.05) is 0 Å². The Bertz CT molecular complexity index is 1060. The maximum Gasteiger partial charge on any atom is 0.471 e. The van der Waals surface area contributed by atoms with Gasteiger partial charge in [-0.2, -0.15) is 23.3 Å². The van der Waals surface area contributed by atoms with E-state index in [-0.39, 0.29) is 12.4 Å². The Morgan fingerprint density at radius 1 is 1.07 bits per heavy atom. The minimum atomic E-state index is -4.68. The van der Waals surface area contributed by atoms with E-state index >= 15 is 0 Å². The van der Waals surface area contributed by atoms with E-state index in [2.05, 4.69) is 34.7 Å². The minimum Gasteiger partial charge on any atom is -0.473 e. The Morgan fingerprint density at radius 2 is 1.89 bits per heavy atom. The molecule has 3 heterocycles. The summed E-state index contributed by atoms with van der Waals surface area (Å²) >= 11 is 0. The molecule has 4 rings (SSSR count). The van der Waals surface area contributed by atoms with Gasteiger partial charge in [0, 0.05) is 11.6 Å². The molecule has 4 aromatic rings. The van der Waals surface area contributed by atoms with Crippen LogP contribution < -0.4 is 4.74 Å². The number of alkyl halides is 3. The number of ether oxygens (including phenoxy) is 1. The molecule has 12 heteroatoms. The van der Waals surface area contributed by atoms with Gasteiger partial charge in [0.25, 0.3) is 0 Å². The van der Waals surface area contributed by atoms with Crippen molar-refractivity contribution in [3.05, 3.63) is 60.8 Å². The van der Waals surface area contributed by atoms with Gasteiger partial charge in [0.15, 0.2) is 5.82 Å². The Labute approximate surface area is 154 Å². The number of benzene rings is 1. The van der Waals surface area contributed by atoms with Crippen LogP contribution in [0.5, 0.6) is 5.88 Å². The third-order valence-electron chi connectivity index (χ3n) is 3.55. The summed E-state index contributed by atoms with van der Waals surface area (Å²) in [6.07, 6.45) is -0.468. The third-order valence-corrected chi connectivity index (χ3v) is 3.55. The zero-order valence-electron chi connectivity index (χ0n) is 13.9. The largest absolute Gasteiger partial charge is 0.473 e. The molecule has 9 nitrogen and oxygen atoms in total. The molecule has 0 spiro atoms. The molecular formula is C16H10F3N7O2. The van der Waals surface area contributed by atoms with Crippen LogP contribution in [0.25, 0.3) is 17.2 Å². The van der Waals surface area contributed by atoms with Gasteiger partial charge in [-0.25, -0.2) is 19.6 Å². The first-order chi connectivity index (χ1) is 13.5. The summed E-state index contributed by atoms with van der Waals surface area (Å²) in [7, 11) is 0. The average Bonchev–Trinajstić information content (AvgIpc) is 3.39. The Balaban J connectivity index is 1.43. The first-order valence-corrected chi connectivity index (χ1v) is 7.79. The van der Waals surface area contributed by atoms with E-state index in [0.717, 1.165) is 5.56 Å². The molecule has 0 unspecified atom stereocenters. The standard InChI is InChI=1S/C16H10F3N7O2/c17-16(18,19)15-24-14(25-28-15)11-3-1-10(2-4-11)6-27-13-5-12(21-8-22-13)26-9-20-7-23-26/h1-5,7-9H,6H2. The van der Waals surface area contributed by atoms with Crippen molar-refractivity contribution < 1.29 is 22.4 Å². The van der Waals surface area contributed by atoms with Gasteiger partial charge in [-0.05, 0) is 5.56 Å². The van der Waals surface area contributed by atoms with Gasteiger partial charge in [-0.1, -0.05) is 29.4 Å². The molecule has 0 radical (unpaired) electrons. The van der Waals surface area contributed by atoms with E-state index in [4.69, 9.17) is 4.74 Å². The average molecular weight is 389 g/mol. The highest BCUT2D eigenvalue weighted by Crippen LogP contribution is 2.29.